The Labute approximate surface area is 201 Å². The van der Waals surface area contributed by atoms with Crippen molar-refractivity contribution in [2.45, 2.75) is 38.5 Å². The van der Waals surface area contributed by atoms with Crippen molar-refractivity contribution in [1.82, 2.24) is 9.80 Å². The highest BCUT2D eigenvalue weighted by atomic mass is 16.2. The summed E-state index contributed by atoms with van der Waals surface area (Å²) in [5, 5.41) is 0. The largest absolute Gasteiger partial charge is 0.339 e. The van der Waals surface area contributed by atoms with Crippen LogP contribution in [0.5, 0.6) is 0 Å². The molecule has 0 aromatic heterocycles. The van der Waals surface area contributed by atoms with Gasteiger partial charge in [0.15, 0.2) is 5.78 Å². The van der Waals surface area contributed by atoms with Crippen molar-refractivity contribution in [2.24, 2.45) is 0 Å². The Bertz CT molecular complexity index is 1000. The van der Waals surface area contributed by atoms with Crippen LogP contribution in [0.25, 0.3) is 12.2 Å². The van der Waals surface area contributed by atoms with Gasteiger partial charge in [0.2, 0.25) is 11.8 Å². The van der Waals surface area contributed by atoms with Crippen LogP contribution in [0.1, 0.15) is 65.6 Å². The molecule has 2 aliphatic rings. The minimum atomic E-state index is -0.0878. The molecule has 5 nitrogen and oxygen atoms in total. The van der Waals surface area contributed by atoms with E-state index in [-0.39, 0.29) is 17.6 Å². The highest BCUT2D eigenvalue weighted by molar-refractivity contribution is 6.09. The molecule has 2 heterocycles. The quantitative estimate of drug-likeness (QED) is 0.456. The highest BCUT2D eigenvalue weighted by Gasteiger charge is 2.15. The van der Waals surface area contributed by atoms with Crippen LogP contribution in [0.4, 0.5) is 0 Å². The van der Waals surface area contributed by atoms with E-state index in [1.54, 1.807) is 36.4 Å². The number of hydrogen-bond donors (Lipinski definition) is 0. The van der Waals surface area contributed by atoms with Crippen molar-refractivity contribution < 1.29 is 14.4 Å². The van der Waals surface area contributed by atoms with Gasteiger partial charge in [-0.3, -0.25) is 14.4 Å². The standard InChI is InChI=1S/C29H32N2O3/c32-27(30-17-3-1-4-18-30)15-13-23-9-7-11-25(21-23)29(34)26-12-8-10-24(22-26)14-16-28(33)31-19-5-2-6-20-31/h7-16,21-22H,1-6,17-20H2/b15-13+,16-14+. The van der Waals surface area contributed by atoms with E-state index in [0.717, 1.165) is 63.0 Å². The third kappa shape index (κ3) is 6.31. The minimum absolute atomic E-state index is 0.0232. The molecule has 2 amide bonds. The molecule has 0 radical (unpaired) electrons. The number of amides is 2. The Balaban J connectivity index is 1.42. The van der Waals surface area contributed by atoms with Gasteiger partial charge < -0.3 is 9.80 Å². The van der Waals surface area contributed by atoms with Gasteiger partial charge in [-0.25, -0.2) is 0 Å². The number of rotatable bonds is 6. The maximum atomic E-state index is 13.1. The second-order valence-electron chi connectivity index (χ2n) is 9.02. The lowest BCUT2D eigenvalue weighted by Crippen LogP contribution is -2.34. The summed E-state index contributed by atoms with van der Waals surface area (Å²) in [6.07, 6.45) is 13.4. The van der Waals surface area contributed by atoms with Gasteiger partial charge in [-0.1, -0.05) is 36.4 Å². The normalized spacial score (nSPS) is 16.8. The molecule has 0 atom stereocenters. The monoisotopic (exact) mass is 456 g/mol. The van der Waals surface area contributed by atoms with Gasteiger partial charge in [0.25, 0.3) is 0 Å². The maximum absolute atomic E-state index is 13.1. The van der Waals surface area contributed by atoms with Crippen molar-refractivity contribution in [1.29, 1.82) is 0 Å². The highest BCUT2D eigenvalue weighted by Crippen LogP contribution is 2.16. The number of nitrogens with zero attached hydrogens (tertiary/aromatic N) is 2. The Kier molecular flexibility index (Phi) is 8.08. The zero-order chi connectivity index (χ0) is 23.8. The summed E-state index contributed by atoms with van der Waals surface area (Å²) in [6, 6.07) is 14.6. The number of carbonyl (C=O) groups excluding carboxylic acids is 3. The summed E-state index contributed by atoms with van der Waals surface area (Å²) in [6.45, 7) is 3.26. The molecule has 2 aliphatic heterocycles. The summed E-state index contributed by atoms with van der Waals surface area (Å²) in [4.78, 5) is 41.7. The van der Waals surface area contributed by atoms with Gasteiger partial charge in [0.05, 0.1) is 0 Å². The van der Waals surface area contributed by atoms with Crippen LogP contribution in [0.2, 0.25) is 0 Å². The molecular formula is C29H32N2O3. The van der Waals surface area contributed by atoms with Crippen molar-refractivity contribution >= 4 is 29.7 Å². The molecule has 0 saturated carbocycles. The van der Waals surface area contributed by atoms with Gasteiger partial charge in [0.1, 0.15) is 0 Å². The topological polar surface area (TPSA) is 57.7 Å². The van der Waals surface area contributed by atoms with Crippen LogP contribution in [0.15, 0.2) is 60.7 Å². The van der Waals surface area contributed by atoms with Gasteiger partial charge in [-0.2, -0.15) is 0 Å². The molecule has 2 fully saturated rings. The van der Waals surface area contributed by atoms with E-state index < -0.39 is 0 Å². The van der Waals surface area contributed by atoms with Gasteiger partial charge in [0, 0.05) is 49.5 Å². The van der Waals surface area contributed by atoms with Crippen molar-refractivity contribution in [3.63, 3.8) is 0 Å². The molecule has 4 rings (SSSR count). The lowest BCUT2D eigenvalue weighted by molar-refractivity contribution is -0.127. The Morgan fingerprint density at radius 1 is 0.588 bits per heavy atom. The second-order valence-corrected chi connectivity index (χ2v) is 9.02. The third-order valence-corrected chi connectivity index (χ3v) is 6.47. The molecule has 0 unspecified atom stereocenters. The van der Waals surface area contributed by atoms with Gasteiger partial charge >= 0.3 is 0 Å². The Morgan fingerprint density at radius 2 is 1.00 bits per heavy atom. The third-order valence-electron chi connectivity index (χ3n) is 6.47. The summed E-state index contributed by atoms with van der Waals surface area (Å²) < 4.78 is 0. The van der Waals surface area contributed by atoms with E-state index in [9.17, 15) is 14.4 Å². The van der Waals surface area contributed by atoms with E-state index in [1.165, 1.54) is 12.8 Å². The number of piperidine rings is 2. The van der Waals surface area contributed by atoms with Gasteiger partial charge in [-0.05, 0) is 73.9 Å². The zero-order valence-electron chi connectivity index (χ0n) is 19.6. The van der Waals surface area contributed by atoms with Crippen LogP contribution < -0.4 is 0 Å². The lowest BCUT2D eigenvalue weighted by atomic mass is 9.99. The van der Waals surface area contributed by atoms with E-state index in [4.69, 9.17) is 0 Å². The predicted molar refractivity (Wildman–Crippen MR) is 135 cm³/mol. The Morgan fingerprint density at radius 3 is 1.41 bits per heavy atom. The summed E-state index contributed by atoms with van der Waals surface area (Å²) >= 11 is 0. The molecule has 0 aliphatic carbocycles. The molecule has 0 N–H and O–H groups in total. The molecule has 2 aromatic carbocycles. The number of likely N-dealkylation sites (tertiary alicyclic amines) is 2. The van der Waals surface area contributed by atoms with Crippen LogP contribution in [0, 0.1) is 0 Å². The van der Waals surface area contributed by atoms with Crippen molar-refractivity contribution in [2.75, 3.05) is 26.2 Å². The molecule has 2 saturated heterocycles. The van der Waals surface area contributed by atoms with Crippen LogP contribution in [0.3, 0.4) is 0 Å². The van der Waals surface area contributed by atoms with E-state index in [1.807, 2.05) is 46.2 Å². The van der Waals surface area contributed by atoms with Crippen molar-refractivity contribution in [3.05, 3.63) is 82.9 Å². The number of ketones is 1. The average Bonchev–Trinajstić information content (AvgIpc) is 2.91. The molecule has 0 spiro atoms. The first kappa shape index (κ1) is 23.7. The van der Waals surface area contributed by atoms with E-state index >= 15 is 0 Å². The average molecular weight is 457 g/mol. The first-order chi connectivity index (χ1) is 16.6. The predicted octanol–water partition coefficient (Wildman–Crippen LogP) is 4.97. The SMILES string of the molecule is O=C(c1cccc(/C=C/C(=O)N2CCCCC2)c1)c1cccc(/C=C/C(=O)N2CCCCC2)c1. The number of hydrogen-bond acceptors (Lipinski definition) is 3. The second kappa shape index (κ2) is 11.6. The molecule has 34 heavy (non-hydrogen) atoms. The van der Waals surface area contributed by atoms with E-state index in [2.05, 4.69) is 0 Å². The van der Waals surface area contributed by atoms with Gasteiger partial charge in [-0.15, -0.1) is 0 Å². The van der Waals surface area contributed by atoms with Crippen LogP contribution in [-0.2, 0) is 9.59 Å². The maximum Gasteiger partial charge on any atom is 0.246 e. The molecular weight excluding hydrogens is 424 g/mol. The fourth-order valence-corrected chi connectivity index (χ4v) is 4.51. The number of carbonyl (C=O) groups is 3. The lowest BCUT2D eigenvalue weighted by Gasteiger charge is -2.25. The first-order valence-corrected chi connectivity index (χ1v) is 12.3. The van der Waals surface area contributed by atoms with Crippen LogP contribution >= 0.6 is 0 Å². The first-order valence-electron chi connectivity index (χ1n) is 12.3. The fraction of sp³-hybridized carbons (Fsp3) is 0.345. The zero-order valence-corrected chi connectivity index (χ0v) is 19.6. The summed E-state index contributed by atoms with van der Waals surface area (Å²) in [5.74, 6) is -0.0414. The Hall–Kier alpha value is -3.47. The molecule has 5 heteroatoms. The van der Waals surface area contributed by atoms with E-state index in [0.29, 0.717) is 11.1 Å². The molecule has 0 bridgehead atoms. The van der Waals surface area contributed by atoms with Crippen LogP contribution in [-0.4, -0.2) is 53.6 Å². The molecule has 176 valence electrons. The van der Waals surface area contributed by atoms with Crippen molar-refractivity contribution in [3.8, 4) is 0 Å². The smallest absolute Gasteiger partial charge is 0.246 e. The minimum Gasteiger partial charge on any atom is -0.339 e. The number of benzene rings is 2. The molecule has 2 aromatic rings. The fourth-order valence-electron chi connectivity index (χ4n) is 4.51. The summed E-state index contributed by atoms with van der Waals surface area (Å²) in [5.41, 5.74) is 2.77. The summed E-state index contributed by atoms with van der Waals surface area (Å²) in [7, 11) is 0.